The molecule has 0 spiro atoms. The van der Waals surface area contributed by atoms with Gasteiger partial charge in [0.2, 0.25) is 0 Å². The fourth-order valence-electron chi connectivity index (χ4n) is 1.81. The maximum atomic E-state index is 12.1. The van der Waals surface area contributed by atoms with Crippen molar-refractivity contribution in [1.82, 2.24) is 10.3 Å². The van der Waals surface area contributed by atoms with Crippen molar-refractivity contribution in [1.29, 1.82) is 0 Å². The normalized spacial score (nSPS) is 10.2. The molecule has 0 atom stereocenters. The Balaban J connectivity index is 2.04. The van der Waals surface area contributed by atoms with E-state index in [1.54, 1.807) is 19.2 Å². The van der Waals surface area contributed by atoms with Crippen LogP contribution in [0.4, 0.5) is 5.82 Å². The van der Waals surface area contributed by atoms with E-state index in [0.29, 0.717) is 17.9 Å². The largest absolute Gasteiger partial charge is 0.373 e. The summed E-state index contributed by atoms with van der Waals surface area (Å²) in [6, 6.07) is 11.4. The summed E-state index contributed by atoms with van der Waals surface area (Å²) in [5.41, 5.74) is 2.48. The number of aromatic nitrogens is 1. The van der Waals surface area contributed by atoms with E-state index in [0.717, 1.165) is 15.7 Å². The molecule has 4 nitrogen and oxygen atoms in total. The number of hydrogen-bond acceptors (Lipinski definition) is 3. The molecule has 104 valence electrons. The zero-order chi connectivity index (χ0) is 14.5. The summed E-state index contributed by atoms with van der Waals surface area (Å²) < 4.78 is 1.02. The van der Waals surface area contributed by atoms with Crippen molar-refractivity contribution in [2.45, 2.75) is 13.5 Å². The Morgan fingerprint density at radius 1 is 1.25 bits per heavy atom. The number of benzene rings is 1. The van der Waals surface area contributed by atoms with E-state index in [1.807, 2.05) is 31.2 Å². The van der Waals surface area contributed by atoms with Gasteiger partial charge >= 0.3 is 0 Å². The van der Waals surface area contributed by atoms with E-state index in [9.17, 15) is 4.79 Å². The summed E-state index contributed by atoms with van der Waals surface area (Å²) >= 11 is 3.38. The topological polar surface area (TPSA) is 54.0 Å². The summed E-state index contributed by atoms with van der Waals surface area (Å²) in [6.45, 7) is 2.37. The number of aryl methyl sites for hydroxylation is 1. The molecule has 0 aliphatic rings. The molecule has 0 bridgehead atoms. The first-order valence-electron chi connectivity index (χ1n) is 6.27. The van der Waals surface area contributed by atoms with Crippen LogP contribution in [0.25, 0.3) is 0 Å². The molecule has 0 fully saturated rings. The van der Waals surface area contributed by atoms with E-state index in [4.69, 9.17) is 0 Å². The Labute approximate surface area is 126 Å². The minimum absolute atomic E-state index is 0.102. The molecule has 0 aliphatic heterocycles. The number of anilines is 1. The average molecular weight is 334 g/mol. The van der Waals surface area contributed by atoms with Gasteiger partial charge in [0.1, 0.15) is 5.82 Å². The SMILES string of the molecule is CNc1cc(C(=O)NCc2ccc(Br)cc2)cc(C)n1. The third kappa shape index (κ3) is 3.81. The lowest BCUT2D eigenvalue weighted by molar-refractivity contribution is 0.0950. The molecule has 0 radical (unpaired) electrons. The van der Waals surface area contributed by atoms with Gasteiger partial charge in [-0.05, 0) is 36.8 Å². The number of rotatable bonds is 4. The minimum atomic E-state index is -0.102. The van der Waals surface area contributed by atoms with Gasteiger partial charge in [-0.15, -0.1) is 0 Å². The molecule has 0 unspecified atom stereocenters. The van der Waals surface area contributed by atoms with E-state index >= 15 is 0 Å². The van der Waals surface area contributed by atoms with Gasteiger partial charge < -0.3 is 10.6 Å². The number of amides is 1. The molecule has 1 amide bonds. The zero-order valence-corrected chi connectivity index (χ0v) is 13.0. The van der Waals surface area contributed by atoms with Gasteiger partial charge in [0.25, 0.3) is 5.91 Å². The van der Waals surface area contributed by atoms with Crippen LogP contribution in [0.3, 0.4) is 0 Å². The summed E-state index contributed by atoms with van der Waals surface area (Å²) in [5, 5.41) is 5.85. The number of nitrogens with zero attached hydrogens (tertiary/aromatic N) is 1. The predicted molar refractivity (Wildman–Crippen MR) is 83.8 cm³/mol. The quantitative estimate of drug-likeness (QED) is 0.903. The smallest absolute Gasteiger partial charge is 0.251 e. The van der Waals surface area contributed by atoms with Crippen LogP contribution in [0, 0.1) is 6.92 Å². The van der Waals surface area contributed by atoms with Crippen molar-refractivity contribution in [2.75, 3.05) is 12.4 Å². The van der Waals surface area contributed by atoms with Crippen LogP contribution < -0.4 is 10.6 Å². The maximum absolute atomic E-state index is 12.1. The average Bonchev–Trinajstić information content (AvgIpc) is 2.45. The number of pyridine rings is 1. The Bertz CT molecular complexity index is 611. The summed E-state index contributed by atoms with van der Waals surface area (Å²) in [6.07, 6.45) is 0. The van der Waals surface area contributed by atoms with Gasteiger partial charge in [-0.25, -0.2) is 4.98 Å². The van der Waals surface area contributed by atoms with Crippen LogP contribution in [0.2, 0.25) is 0 Å². The molecule has 20 heavy (non-hydrogen) atoms. The van der Waals surface area contributed by atoms with Crippen LogP contribution in [0.1, 0.15) is 21.6 Å². The van der Waals surface area contributed by atoms with Gasteiger partial charge in [-0.1, -0.05) is 28.1 Å². The predicted octanol–water partition coefficient (Wildman–Crippen LogP) is 3.12. The molecule has 0 saturated carbocycles. The number of nitrogens with one attached hydrogen (secondary N) is 2. The van der Waals surface area contributed by atoms with Crippen LogP contribution in [0.5, 0.6) is 0 Å². The van der Waals surface area contributed by atoms with E-state index in [1.165, 1.54) is 0 Å². The Morgan fingerprint density at radius 3 is 2.60 bits per heavy atom. The molecule has 2 aromatic rings. The number of carbonyl (C=O) groups is 1. The van der Waals surface area contributed by atoms with Crippen molar-refractivity contribution in [3.05, 3.63) is 57.7 Å². The molecule has 1 heterocycles. The van der Waals surface area contributed by atoms with Crippen LogP contribution in [-0.4, -0.2) is 17.9 Å². The third-order valence-corrected chi connectivity index (χ3v) is 3.37. The zero-order valence-electron chi connectivity index (χ0n) is 11.4. The highest BCUT2D eigenvalue weighted by Gasteiger charge is 2.08. The first-order chi connectivity index (χ1) is 9.58. The Morgan fingerprint density at radius 2 is 1.95 bits per heavy atom. The second-order valence-corrected chi connectivity index (χ2v) is 5.36. The fourth-order valence-corrected chi connectivity index (χ4v) is 2.08. The monoisotopic (exact) mass is 333 g/mol. The number of carbonyl (C=O) groups excluding carboxylic acids is 1. The Kier molecular flexibility index (Phi) is 4.74. The first-order valence-corrected chi connectivity index (χ1v) is 7.07. The summed E-state index contributed by atoms with van der Waals surface area (Å²) in [5.74, 6) is 0.591. The lowest BCUT2D eigenvalue weighted by atomic mass is 10.2. The van der Waals surface area contributed by atoms with Crippen LogP contribution >= 0.6 is 15.9 Å². The molecule has 0 saturated heterocycles. The second-order valence-electron chi connectivity index (χ2n) is 4.44. The summed E-state index contributed by atoms with van der Waals surface area (Å²) in [4.78, 5) is 16.4. The van der Waals surface area contributed by atoms with Gasteiger partial charge in [0, 0.05) is 29.3 Å². The minimum Gasteiger partial charge on any atom is -0.373 e. The lowest BCUT2D eigenvalue weighted by Crippen LogP contribution is -2.23. The fraction of sp³-hybridized carbons (Fsp3) is 0.200. The van der Waals surface area contributed by atoms with Gasteiger partial charge in [-0.3, -0.25) is 4.79 Å². The first kappa shape index (κ1) is 14.5. The number of hydrogen-bond donors (Lipinski definition) is 2. The standard InChI is InChI=1S/C15H16BrN3O/c1-10-7-12(8-14(17-2)19-10)15(20)18-9-11-3-5-13(16)6-4-11/h3-8H,9H2,1-2H3,(H,17,19)(H,18,20). The molecule has 1 aromatic heterocycles. The molecule has 2 N–H and O–H groups in total. The molecular weight excluding hydrogens is 318 g/mol. The maximum Gasteiger partial charge on any atom is 0.251 e. The van der Waals surface area contributed by atoms with Crippen molar-refractivity contribution < 1.29 is 4.79 Å². The van der Waals surface area contributed by atoms with Gasteiger partial charge in [0.15, 0.2) is 0 Å². The Hall–Kier alpha value is -1.88. The van der Waals surface area contributed by atoms with Crippen LogP contribution in [-0.2, 0) is 6.54 Å². The third-order valence-electron chi connectivity index (χ3n) is 2.84. The van der Waals surface area contributed by atoms with E-state index in [2.05, 4.69) is 31.5 Å². The number of halogens is 1. The van der Waals surface area contributed by atoms with Crippen molar-refractivity contribution in [3.8, 4) is 0 Å². The lowest BCUT2D eigenvalue weighted by Gasteiger charge is -2.08. The van der Waals surface area contributed by atoms with Crippen molar-refractivity contribution >= 4 is 27.7 Å². The van der Waals surface area contributed by atoms with Gasteiger partial charge in [0.05, 0.1) is 0 Å². The van der Waals surface area contributed by atoms with Gasteiger partial charge in [-0.2, -0.15) is 0 Å². The highest BCUT2D eigenvalue weighted by atomic mass is 79.9. The van der Waals surface area contributed by atoms with Crippen molar-refractivity contribution in [2.24, 2.45) is 0 Å². The molecule has 0 aliphatic carbocycles. The van der Waals surface area contributed by atoms with E-state index < -0.39 is 0 Å². The molecule has 1 aromatic carbocycles. The summed E-state index contributed by atoms with van der Waals surface area (Å²) in [7, 11) is 1.78. The molecular formula is C15H16BrN3O. The second kappa shape index (κ2) is 6.52. The highest BCUT2D eigenvalue weighted by molar-refractivity contribution is 9.10. The van der Waals surface area contributed by atoms with Crippen molar-refractivity contribution in [3.63, 3.8) is 0 Å². The highest BCUT2D eigenvalue weighted by Crippen LogP contribution is 2.12. The van der Waals surface area contributed by atoms with Crippen LogP contribution in [0.15, 0.2) is 40.9 Å². The van der Waals surface area contributed by atoms with E-state index in [-0.39, 0.29) is 5.91 Å². The molecule has 5 heteroatoms. The molecule has 2 rings (SSSR count).